The molecular weight excluding hydrogens is 332 g/mol. The summed E-state index contributed by atoms with van der Waals surface area (Å²) >= 11 is 0. The quantitative estimate of drug-likeness (QED) is 0.859. The van der Waals surface area contributed by atoms with Crippen molar-refractivity contribution in [1.29, 1.82) is 0 Å². The molecule has 2 fully saturated rings. The molecule has 1 aromatic heterocycles. The van der Waals surface area contributed by atoms with Crippen LogP contribution in [0.2, 0.25) is 0 Å². The smallest absolute Gasteiger partial charge is 0.258 e. The van der Waals surface area contributed by atoms with Gasteiger partial charge in [0.05, 0.1) is 11.6 Å². The first-order valence-corrected chi connectivity index (χ1v) is 9.25. The van der Waals surface area contributed by atoms with Crippen molar-refractivity contribution in [1.82, 2.24) is 19.7 Å². The molecule has 0 radical (unpaired) electrons. The van der Waals surface area contributed by atoms with Gasteiger partial charge < -0.3 is 19.7 Å². The van der Waals surface area contributed by atoms with E-state index in [0.29, 0.717) is 6.54 Å². The lowest BCUT2D eigenvalue weighted by molar-refractivity contribution is 0.0724. The number of aryl methyl sites for hydroxylation is 1. The minimum absolute atomic E-state index is 0.0642. The van der Waals surface area contributed by atoms with Crippen molar-refractivity contribution in [3.05, 3.63) is 35.4 Å². The van der Waals surface area contributed by atoms with Gasteiger partial charge in [-0.15, -0.1) is 10.2 Å². The van der Waals surface area contributed by atoms with Crippen molar-refractivity contribution in [3.63, 3.8) is 0 Å². The molecule has 2 heterocycles. The first kappa shape index (κ1) is 16.9. The van der Waals surface area contributed by atoms with Crippen LogP contribution < -0.4 is 0 Å². The molecule has 1 aliphatic heterocycles. The van der Waals surface area contributed by atoms with Crippen LogP contribution in [0.15, 0.2) is 18.2 Å². The zero-order valence-electron chi connectivity index (χ0n) is 14.9. The first-order valence-electron chi connectivity index (χ1n) is 9.25. The van der Waals surface area contributed by atoms with Crippen LogP contribution in [-0.4, -0.2) is 42.3 Å². The normalized spacial score (nSPS) is 19.9. The van der Waals surface area contributed by atoms with Gasteiger partial charge in [-0.2, -0.15) is 0 Å². The SMILES string of the molecule is Cn1c(CCC2CC2)nnc1C1CCCN1C(=O)c1ccc(O)cc1O. The Morgan fingerprint density at radius 2 is 2.04 bits per heavy atom. The number of likely N-dealkylation sites (tertiary alicyclic amines) is 1. The predicted octanol–water partition coefficient (Wildman–Crippen LogP) is 2.55. The number of phenols is 2. The number of hydrogen-bond acceptors (Lipinski definition) is 5. The van der Waals surface area contributed by atoms with Crippen molar-refractivity contribution >= 4 is 5.91 Å². The Kier molecular flexibility index (Phi) is 4.30. The van der Waals surface area contributed by atoms with Gasteiger partial charge in [-0.3, -0.25) is 4.79 Å². The van der Waals surface area contributed by atoms with E-state index in [-0.39, 0.29) is 29.0 Å². The topological polar surface area (TPSA) is 91.5 Å². The van der Waals surface area contributed by atoms with E-state index in [1.54, 1.807) is 4.90 Å². The molecule has 0 bridgehead atoms. The summed E-state index contributed by atoms with van der Waals surface area (Å²) in [6, 6.07) is 3.93. The van der Waals surface area contributed by atoms with Crippen molar-refractivity contribution in [2.24, 2.45) is 13.0 Å². The summed E-state index contributed by atoms with van der Waals surface area (Å²) in [5, 5.41) is 28.2. The lowest BCUT2D eigenvalue weighted by Gasteiger charge is -2.24. The van der Waals surface area contributed by atoms with Gasteiger partial charge in [0.2, 0.25) is 0 Å². The van der Waals surface area contributed by atoms with Gasteiger partial charge >= 0.3 is 0 Å². The van der Waals surface area contributed by atoms with Gasteiger partial charge in [0, 0.05) is 26.1 Å². The van der Waals surface area contributed by atoms with Crippen LogP contribution in [0, 0.1) is 5.92 Å². The molecule has 1 aliphatic carbocycles. The molecule has 1 aromatic carbocycles. The fourth-order valence-corrected chi connectivity index (χ4v) is 3.76. The van der Waals surface area contributed by atoms with E-state index in [1.165, 1.54) is 31.0 Å². The molecule has 1 amide bonds. The van der Waals surface area contributed by atoms with Crippen LogP contribution in [0.25, 0.3) is 0 Å². The van der Waals surface area contributed by atoms with Crippen molar-refractivity contribution < 1.29 is 15.0 Å². The van der Waals surface area contributed by atoms with Crippen molar-refractivity contribution in [2.45, 2.75) is 44.6 Å². The van der Waals surface area contributed by atoms with Gasteiger partial charge in [-0.25, -0.2) is 0 Å². The molecule has 2 aromatic rings. The number of amides is 1. The highest BCUT2D eigenvalue weighted by atomic mass is 16.3. The molecule has 2 aliphatic rings. The minimum atomic E-state index is -0.243. The molecule has 1 unspecified atom stereocenters. The summed E-state index contributed by atoms with van der Waals surface area (Å²) in [5.74, 6) is 2.11. The summed E-state index contributed by atoms with van der Waals surface area (Å²) in [5.41, 5.74) is 0.200. The number of benzene rings is 1. The fourth-order valence-electron chi connectivity index (χ4n) is 3.76. The molecule has 7 heteroatoms. The highest BCUT2D eigenvalue weighted by molar-refractivity contribution is 5.97. The number of rotatable bonds is 5. The molecule has 1 atom stereocenters. The summed E-state index contributed by atoms with van der Waals surface area (Å²) in [4.78, 5) is 14.7. The molecule has 138 valence electrons. The van der Waals surface area contributed by atoms with E-state index in [2.05, 4.69) is 10.2 Å². The molecule has 4 rings (SSSR count). The lowest BCUT2D eigenvalue weighted by Crippen LogP contribution is -2.32. The summed E-state index contributed by atoms with van der Waals surface area (Å²) in [6.45, 7) is 0.619. The molecular formula is C19H24N4O3. The Morgan fingerprint density at radius 1 is 1.23 bits per heavy atom. The average Bonchev–Trinajstić information content (AvgIpc) is 3.19. The predicted molar refractivity (Wildman–Crippen MR) is 94.8 cm³/mol. The second-order valence-electron chi connectivity index (χ2n) is 7.37. The van der Waals surface area contributed by atoms with Crippen LogP contribution in [0.4, 0.5) is 0 Å². The number of carbonyl (C=O) groups is 1. The van der Waals surface area contributed by atoms with E-state index in [4.69, 9.17) is 0 Å². The number of carbonyl (C=O) groups excluding carboxylic acids is 1. The van der Waals surface area contributed by atoms with E-state index in [9.17, 15) is 15.0 Å². The number of nitrogens with zero attached hydrogens (tertiary/aromatic N) is 4. The van der Waals surface area contributed by atoms with E-state index in [1.807, 2.05) is 11.6 Å². The molecule has 2 N–H and O–H groups in total. The molecule has 0 spiro atoms. The maximum Gasteiger partial charge on any atom is 0.258 e. The molecule has 26 heavy (non-hydrogen) atoms. The first-order chi connectivity index (χ1) is 12.5. The fraction of sp³-hybridized carbons (Fsp3) is 0.526. The highest BCUT2D eigenvalue weighted by Crippen LogP contribution is 2.36. The van der Waals surface area contributed by atoms with Gasteiger partial charge in [-0.05, 0) is 37.3 Å². The Labute approximate surface area is 152 Å². The largest absolute Gasteiger partial charge is 0.508 e. The summed E-state index contributed by atoms with van der Waals surface area (Å²) in [7, 11) is 1.97. The van der Waals surface area contributed by atoms with Crippen molar-refractivity contribution in [2.75, 3.05) is 6.54 Å². The lowest BCUT2D eigenvalue weighted by atomic mass is 10.1. The Hall–Kier alpha value is -2.57. The van der Waals surface area contributed by atoms with E-state index >= 15 is 0 Å². The summed E-state index contributed by atoms with van der Waals surface area (Å²) in [6.07, 6.45) is 6.45. The minimum Gasteiger partial charge on any atom is -0.508 e. The van der Waals surface area contributed by atoms with Crippen LogP contribution in [0.3, 0.4) is 0 Å². The van der Waals surface area contributed by atoms with Gasteiger partial charge in [0.25, 0.3) is 5.91 Å². The van der Waals surface area contributed by atoms with Crippen molar-refractivity contribution in [3.8, 4) is 11.5 Å². The Balaban J connectivity index is 1.55. The van der Waals surface area contributed by atoms with Gasteiger partial charge in [0.1, 0.15) is 17.3 Å². The average molecular weight is 356 g/mol. The van der Waals surface area contributed by atoms with Crippen LogP contribution >= 0.6 is 0 Å². The molecule has 1 saturated carbocycles. The zero-order valence-corrected chi connectivity index (χ0v) is 14.9. The maximum atomic E-state index is 12.9. The number of phenolic OH excluding ortho intramolecular Hbond substituents is 2. The maximum absolute atomic E-state index is 12.9. The third kappa shape index (κ3) is 3.13. The Morgan fingerprint density at radius 3 is 2.77 bits per heavy atom. The number of aromatic nitrogens is 3. The van der Waals surface area contributed by atoms with Crippen LogP contribution in [0.1, 0.15) is 60.2 Å². The van der Waals surface area contributed by atoms with Gasteiger partial charge in [-0.1, -0.05) is 12.8 Å². The standard InChI is InChI=1S/C19H24N4O3/c1-22-17(9-6-12-4-5-12)20-21-18(22)15-3-2-10-23(15)19(26)14-8-7-13(24)11-16(14)25/h7-8,11-12,15,24-25H,2-6,9-10H2,1H3. The Bertz CT molecular complexity index is 828. The highest BCUT2D eigenvalue weighted by Gasteiger charge is 2.35. The van der Waals surface area contributed by atoms with E-state index in [0.717, 1.165) is 43.3 Å². The molecule has 7 nitrogen and oxygen atoms in total. The molecule has 1 saturated heterocycles. The van der Waals surface area contributed by atoms with E-state index < -0.39 is 0 Å². The number of hydrogen-bond donors (Lipinski definition) is 2. The van der Waals surface area contributed by atoms with Crippen LogP contribution in [-0.2, 0) is 13.5 Å². The third-order valence-corrected chi connectivity index (χ3v) is 5.50. The number of aromatic hydroxyl groups is 2. The zero-order chi connectivity index (χ0) is 18.3. The second kappa shape index (κ2) is 6.63. The van der Waals surface area contributed by atoms with Crippen LogP contribution in [0.5, 0.6) is 11.5 Å². The monoisotopic (exact) mass is 356 g/mol. The summed E-state index contributed by atoms with van der Waals surface area (Å²) < 4.78 is 2.02. The van der Waals surface area contributed by atoms with Gasteiger partial charge in [0.15, 0.2) is 5.82 Å². The third-order valence-electron chi connectivity index (χ3n) is 5.50. The second-order valence-corrected chi connectivity index (χ2v) is 7.37.